The first-order valence-corrected chi connectivity index (χ1v) is 11.7. The first kappa shape index (κ1) is 20.3. The van der Waals surface area contributed by atoms with E-state index in [9.17, 15) is 16.8 Å². The number of nitrogens with zero attached hydrogens (tertiary/aromatic N) is 1. The molecule has 0 saturated heterocycles. The largest absolute Gasteiger partial charge is 0.379 e. The van der Waals surface area contributed by atoms with Crippen LogP contribution in [0.1, 0.15) is 13.8 Å². The van der Waals surface area contributed by atoms with Crippen LogP contribution in [-0.4, -0.2) is 34.2 Å². The Hall–Kier alpha value is -2.42. The van der Waals surface area contributed by atoms with E-state index in [0.29, 0.717) is 13.1 Å². The zero-order chi connectivity index (χ0) is 20.4. The fraction of sp³-hybridized carbons (Fsp3) is 0.200. The maximum atomic E-state index is 12.6. The van der Waals surface area contributed by atoms with Crippen molar-refractivity contribution in [3.8, 4) is 5.75 Å². The van der Waals surface area contributed by atoms with Gasteiger partial charge in [-0.2, -0.15) is 12.7 Å². The van der Waals surface area contributed by atoms with Crippen molar-refractivity contribution in [1.29, 1.82) is 0 Å². The molecule has 8 heteroatoms. The number of benzene rings is 3. The van der Waals surface area contributed by atoms with E-state index in [1.54, 1.807) is 32.0 Å². The topological polar surface area (TPSA) is 80.8 Å². The average Bonchev–Trinajstić information content (AvgIpc) is 2.68. The molecule has 0 N–H and O–H groups in total. The molecule has 148 valence electrons. The Bertz CT molecular complexity index is 1180. The average molecular weight is 420 g/mol. The number of hydrogen-bond acceptors (Lipinski definition) is 5. The summed E-state index contributed by atoms with van der Waals surface area (Å²) in [5.74, 6) is 0.193. The maximum Gasteiger partial charge on any atom is 0.339 e. The summed E-state index contributed by atoms with van der Waals surface area (Å²) in [6.45, 7) is 4.17. The predicted molar refractivity (Wildman–Crippen MR) is 108 cm³/mol. The first-order valence-electron chi connectivity index (χ1n) is 8.81. The molecule has 0 aliphatic carbocycles. The van der Waals surface area contributed by atoms with Crippen LogP contribution in [0.3, 0.4) is 0 Å². The van der Waals surface area contributed by atoms with Gasteiger partial charge in [-0.3, -0.25) is 0 Å². The molecule has 3 aromatic carbocycles. The van der Waals surface area contributed by atoms with Gasteiger partial charge in [-0.05, 0) is 47.2 Å². The van der Waals surface area contributed by atoms with E-state index >= 15 is 0 Å². The van der Waals surface area contributed by atoms with Crippen LogP contribution in [0.25, 0.3) is 10.8 Å². The van der Waals surface area contributed by atoms with Crippen molar-refractivity contribution in [2.45, 2.75) is 23.6 Å². The second kappa shape index (κ2) is 7.90. The quantitative estimate of drug-likeness (QED) is 0.546. The summed E-state index contributed by atoms with van der Waals surface area (Å²) in [5.41, 5.74) is 0. The second-order valence-electron chi connectivity index (χ2n) is 6.11. The Morgan fingerprint density at radius 2 is 1.32 bits per heavy atom. The van der Waals surface area contributed by atoms with Crippen molar-refractivity contribution in [2.75, 3.05) is 13.1 Å². The summed E-state index contributed by atoms with van der Waals surface area (Å²) in [7, 11) is -7.73. The summed E-state index contributed by atoms with van der Waals surface area (Å²) >= 11 is 0. The van der Waals surface area contributed by atoms with E-state index < -0.39 is 20.1 Å². The van der Waals surface area contributed by atoms with Crippen LogP contribution in [0.15, 0.2) is 76.5 Å². The van der Waals surface area contributed by atoms with Crippen molar-refractivity contribution in [3.05, 3.63) is 66.7 Å². The van der Waals surface area contributed by atoms with Crippen molar-refractivity contribution in [3.63, 3.8) is 0 Å². The van der Waals surface area contributed by atoms with Gasteiger partial charge in [-0.15, -0.1) is 0 Å². The third kappa shape index (κ3) is 4.04. The Morgan fingerprint density at radius 3 is 1.93 bits per heavy atom. The molecule has 6 nitrogen and oxygen atoms in total. The van der Waals surface area contributed by atoms with Crippen molar-refractivity contribution < 1.29 is 21.0 Å². The minimum absolute atomic E-state index is 0.0425. The van der Waals surface area contributed by atoms with Gasteiger partial charge in [0, 0.05) is 13.1 Å². The zero-order valence-corrected chi connectivity index (χ0v) is 17.2. The normalized spacial score (nSPS) is 12.4. The summed E-state index contributed by atoms with van der Waals surface area (Å²) in [6.07, 6.45) is 0. The van der Waals surface area contributed by atoms with Crippen LogP contribution in [-0.2, 0) is 20.1 Å². The Morgan fingerprint density at radius 1 is 0.750 bits per heavy atom. The lowest BCUT2D eigenvalue weighted by Gasteiger charge is -2.18. The summed E-state index contributed by atoms with van der Waals surface area (Å²) in [6, 6.07) is 17.6. The lowest BCUT2D eigenvalue weighted by Crippen LogP contribution is -2.30. The lowest BCUT2D eigenvalue weighted by atomic mass is 10.1. The molecular formula is C20H21NO5S2. The molecule has 0 radical (unpaired) electrons. The molecule has 0 fully saturated rings. The van der Waals surface area contributed by atoms with Crippen LogP contribution in [0.5, 0.6) is 5.75 Å². The Kier molecular flexibility index (Phi) is 5.74. The fourth-order valence-corrected chi connectivity index (χ4v) is 5.27. The van der Waals surface area contributed by atoms with Crippen LogP contribution in [0.2, 0.25) is 0 Å². The Balaban J connectivity index is 1.87. The molecule has 0 bridgehead atoms. The molecular weight excluding hydrogens is 398 g/mol. The van der Waals surface area contributed by atoms with Gasteiger partial charge in [0.1, 0.15) is 10.6 Å². The second-order valence-corrected chi connectivity index (χ2v) is 9.59. The molecule has 0 aliphatic heterocycles. The monoisotopic (exact) mass is 419 g/mol. The van der Waals surface area contributed by atoms with E-state index in [-0.39, 0.29) is 15.5 Å². The summed E-state index contributed by atoms with van der Waals surface area (Å²) in [5, 5.41) is 1.83. The molecule has 28 heavy (non-hydrogen) atoms. The molecule has 0 aliphatic rings. The van der Waals surface area contributed by atoms with E-state index in [1.807, 2.05) is 24.3 Å². The van der Waals surface area contributed by atoms with Gasteiger partial charge in [-0.1, -0.05) is 44.2 Å². The van der Waals surface area contributed by atoms with E-state index in [4.69, 9.17) is 4.18 Å². The number of fused-ring (bicyclic) bond motifs is 1. The standard InChI is InChI=1S/C20H21NO5S2/c1-3-21(4-2)27(22,23)19-11-13-20(14-12-19)28(24,25)26-18-10-9-16-7-5-6-8-17(16)15-18/h5-15H,3-4H2,1-2H3. The minimum Gasteiger partial charge on any atom is -0.379 e. The molecule has 0 saturated carbocycles. The third-order valence-electron chi connectivity index (χ3n) is 4.38. The predicted octanol–water partition coefficient (Wildman–Crippen LogP) is 3.64. The highest BCUT2D eigenvalue weighted by atomic mass is 32.2. The zero-order valence-electron chi connectivity index (χ0n) is 15.6. The molecule has 0 atom stereocenters. The van der Waals surface area contributed by atoms with Crippen molar-refractivity contribution in [1.82, 2.24) is 4.31 Å². The highest BCUT2D eigenvalue weighted by molar-refractivity contribution is 7.89. The molecule has 0 amide bonds. The SMILES string of the molecule is CCN(CC)S(=O)(=O)c1ccc(S(=O)(=O)Oc2ccc3ccccc3c2)cc1. The number of sulfonamides is 1. The van der Waals surface area contributed by atoms with Gasteiger partial charge >= 0.3 is 10.1 Å². The fourth-order valence-electron chi connectivity index (χ4n) is 2.88. The molecule has 3 aromatic rings. The third-order valence-corrected chi connectivity index (χ3v) is 7.71. The van der Waals surface area contributed by atoms with Crippen LogP contribution < -0.4 is 4.18 Å². The molecule has 0 aromatic heterocycles. The van der Waals surface area contributed by atoms with Gasteiger partial charge in [0.2, 0.25) is 10.0 Å². The van der Waals surface area contributed by atoms with Gasteiger partial charge in [0.15, 0.2) is 0 Å². The van der Waals surface area contributed by atoms with Crippen LogP contribution >= 0.6 is 0 Å². The molecule has 0 unspecified atom stereocenters. The number of rotatable bonds is 7. The highest BCUT2D eigenvalue weighted by Crippen LogP contribution is 2.25. The summed E-state index contributed by atoms with van der Waals surface area (Å²) < 4.78 is 56.7. The van der Waals surface area contributed by atoms with Crippen LogP contribution in [0, 0.1) is 0 Å². The molecule has 3 rings (SSSR count). The van der Waals surface area contributed by atoms with Crippen molar-refractivity contribution in [2.24, 2.45) is 0 Å². The Labute approximate surface area is 165 Å². The van der Waals surface area contributed by atoms with E-state index in [2.05, 4.69) is 0 Å². The van der Waals surface area contributed by atoms with Gasteiger partial charge < -0.3 is 4.18 Å². The smallest absolute Gasteiger partial charge is 0.339 e. The van der Waals surface area contributed by atoms with Crippen LogP contribution in [0.4, 0.5) is 0 Å². The molecule has 0 heterocycles. The minimum atomic E-state index is -4.08. The van der Waals surface area contributed by atoms with Gasteiger partial charge in [0.25, 0.3) is 0 Å². The van der Waals surface area contributed by atoms with Gasteiger partial charge in [-0.25, -0.2) is 8.42 Å². The number of hydrogen-bond donors (Lipinski definition) is 0. The summed E-state index contributed by atoms with van der Waals surface area (Å²) in [4.78, 5) is -0.0694. The first-order chi connectivity index (χ1) is 13.3. The van der Waals surface area contributed by atoms with E-state index in [1.165, 1.54) is 28.6 Å². The van der Waals surface area contributed by atoms with Crippen molar-refractivity contribution >= 4 is 30.9 Å². The van der Waals surface area contributed by atoms with Gasteiger partial charge in [0.05, 0.1) is 4.90 Å². The highest BCUT2D eigenvalue weighted by Gasteiger charge is 2.23. The maximum absolute atomic E-state index is 12.6. The molecule has 0 spiro atoms. The van der Waals surface area contributed by atoms with E-state index in [0.717, 1.165) is 10.8 Å². The lowest BCUT2D eigenvalue weighted by molar-refractivity contribution is 0.445.